The lowest BCUT2D eigenvalue weighted by molar-refractivity contribution is -0.128. The number of carbonyl (C=O) groups is 2. The number of benzene rings is 2. The van der Waals surface area contributed by atoms with Crippen LogP contribution in [0.2, 0.25) is 5.02 Å². The van der Waals surface area contributed by atoms with Crippen LogP contribution in [0.25, 0.3) is 11.3 Å². The van der Waals surface area contributed by atoms with E-state index < -0.39 is 6.10 Å². The number of fused-ring (bicyclic) bond motifs is 1. The summed E-state index contributed by atoms with van der Waals surface area (Å²) in [5.41, 5.74) is 2.82. The maximum atomic E-state index is 13.1. The summed E-state index contributed by atoms with van der Waals surface area (Å²) in [7, 11) is 0. The number of amides is 2. The number of anilines is 2. The molecule has 4 rings (SSSR count). The molecule has 2 heterocycles. The Hall–Kier alpha value is -2.90. The summed E-state index contributed by atoms with van der Waals surface area (Å²) in [6.07, 6.45) is -0.123. The Morgan fingerprint density at radius 2 is 2.03 bits per heavy atom. The third kappa shape index (κ3) is 4.29. The van der Waals surface area contributed by atoms with Crippen molar-refractivity contribution in [1.29, 1.82) is 0 Å². The van der Waals surface area contributed by atoms with E-state index in [9.17, 15) is 9.59 Å². The zero-order valence-electron chi connectivity index (χ0n) is 17.4. The van der Waals surface area contributed by atoms with Gasteiger partial charge in [0.15, 0.2) is 6.10 Å². The Kier molecular flexibility index (Phi) is 5.98. The number of halogens is 1. The highest BCUT2D eigenvalue weighted by atomic mass is 35.5. The first-order chi connectivity index (χ1) is 14.9. The van der Waals surface area contributed by atoms with E-state index in [4.69, 9.17) is 16.3 Å². The molecule has 1 aromatic heterocycles. The predicted octanol–water partition coefficient (Wildman–Crippen LogP) is 5.22. The number of carbonyl (C=O) groups excluding carboxylic acids is 2. The Morgan fingerprint density at radius 1 is 1.26 bits per heavy atom. The van der Waals surface area contributed by atoms with E-state index in [-0.39, 0.29) is 18.4 Å². The van der Waals surface area contributed by atoms with E-state index in [1.807, 2.05) is 39.0 Å². The molecule has 0 saturated heterocycles. The Morgan fingerprint density at radius 3 is 2.71 bits per heavy atom. The largest absolute Gasteiger partial charge is 0.478 e. The number of nitrogens with one attached hydrogen (secondary N) is 1. The van der Waals surface area contributed by atoms with Crippen molar-refractivity contribution in [3.05, 3.63) is 57.4 Å². The Balaban J connectivity index is 1.67. The molecule has 3 aromatic rings. The fourth-order valence-electron chi connectivity index (χ4n) is 3.59. The minimum absolute atomic E-state index is 0.143. The lowest BCUT2D eigenvalue weighted by atomic mass is 10.1. The van der Waals surface area contributed by atoms with Crippen LogP contribution in [0.3, 0.4) is 0 Å². The van der Waals surface area contributed by atoms with Crippen molar-refractivity contribution in [2.45, 2.75) is 33.3 Å². The molecule has 31 heavy (non-hydrogen) atoms. The molecule has 1 N–H and O–H groups in total. The van der Waals surface area contributed by atoms with E-state index >= 15 is 0 Å². The minimum Gasteiger partial charge on any atom is -0.478 e. The SMILES string of the molecule is CCC1Oc2ccc(-c3nc(C)sc3C)cc2N(CC(=O)Nc2ccccc2Cl)C1=O. The molecule has 8 heteroatoms. The van der Waals surface area contributed by atoms with Crippen LogP contribution in [0.1, 0.15) is 23.2 Å². The number of hydrogen-bond acceptors (Lipinski definition) is 5. The summed E-state index contributed by atoms with van der Waals surface area (Å²) in [5, 5.41) is 4.19. The van der Waals surface area contributed by atoms with Crippen LogP contribution < -0.4 is 15.0 Å². The first-order valence-corrected chi connectivity index (χ1v) is 11.2. The van der Waals surface area contributed by atoms with Crippen molar-refractivity contribution < 1.29 is 14.3 Å². The smallest absolute Gasteiger partial charge is 0.268 e. The van der Waals surface area contributed by atoms with Crippen LogP contribution in [0.4, 0.5) is 11.4 Å². The van der Waals surface area contributed by atoms with Gasteiger partial charge in [-0.2, -0.15) is 0 Å². The van der Waals surface area contributed by atoms with E-state index in [2.05, 4.69) is 10.3 Å². The maximum Gasteiger partial charge on any atom is 0.268 e. The van der Waals surface area contributed by atoms with Gasteiger partial charge in [0.25, 0.3) is 5.91 Å². The first-order valence-electron chi connectivity index (χ1n) is 9.98. The normalized spacial score (nSPS) is 15.4. The van der Waals surface area contributed by atoms with Crippen molar-refractivity contribution in [3.8, 4) is 17.0 Å². The van der Waals surface area contributed by atoms with Crippen molar-refractivity contribution >= 4 is 46.1 Å². The van der Waals surface area contributed by atoms with E-state index in [0.29, 0.717) is 28.6 Å². The standard InChI is InChI=1S/C23H22ClN3O3S/c1-4-19-23(29)27(12-21(28)26-17-8-6-5-7-16(17)24)18-11-15(9-10-20(18)30-19)22-13(2)31-14(3)25-22/h5-11,19H,4,12H2,1-3H3,(H,26,28). The highest BCUT2D eigenvalue weighted by Gasteiger charge is 2.35. The monoisotopic (exact) mass is 455 g/mol. The van der Waals surface area contributed by atoms with Gasteiger partial charge in [-0.25, -0.2) is 4.98 Å². The number of aryl methyl sites for hydroxylation is 2. The summed E-state index contributed by atoms with van der Waals surface area (Å²) in [4.78, 5) is 33.0. The zero-order valence-corrected chi connectivity index (χ0v) is 19.0. The van der Waals surface area contributed by atoms with Crippen LogP contribution in [-0.2, 0) is 9.59 Å². The minimum atomic E-state index is -0.630. The van der Waals surface area contributed by atoms with Crippen molar-refractivity contribution in [2.75, 3.05) is 16.8 Å². The molecule has 0 spiro atoms. The lowest BCUT2D eigenvalue weighted by Gasteiger charge is -2.34. The number of rotatable bonds is 5. The van der Waals surface area contributed by atoms with Gasteiger partial charge >= 0.3 is 0 Å². The van der Waals surface area contributed by atoms with Crippen LogP contribution in [0, 0.1) is 13.8 Å². The molecule has 160 valence electrons. The summed E-state index contributed by atoms with van der Waals surface area (Å²) < 4.78 is 5.91. The van der Waals surface area contributed by atoms with Crippen LogP contribution in [0.5, 0.6) is 5.75 Å². The number of para-hydroxylation sites is 1. The fraction of sp³-hybridized carbons (Fsp3) is 0.261. The fourth-order valence-corrected chi connectivity index (χ4v) is 4.61. The van der Waals surface area contributed by atoms with Gasteiger partial charge in [0, 0.05) is 10.4 Å². The predicted molar refractivity (Wildman–Crippen MR) is 124 cm³/mol. The van der Waals surface area contributed by atoms with Gasteiger partial charge < -0.3 is 10.1 Å². The second-order valence-electron chi connectivity index (χ2n) is 7.29. The first kappa shape index (κ1) is 21.3. The maximum absolute atomic E-state index is 13.1. The molecule has 0 bridgehead atoms. The van der Waals surface area contributed by atoms with Gasteiger partial charge in [0.2, 0.25) is 5.91 Å². The van der Waals surface area contributed by atoms with Gasteiger partial charge in [-0.3, -0.25) is 14.5 Å². The molecule has 0 saturated carbocycles. The topological polar surface area (TPSA) is 71.5 Å². The third-order valence-corrected chi connectivity index (χ3v) is 6.27. The number of thiazole rings is 1. The van der Waals surface area contributed by atoms with Gasteiger partial charge in [0.05, 0.1) is 27.1 Å². The average Bonchev–Trinajstić information content (AvgIpc) is 3.09. The number of hydrogen-bond donors (Lipinski definition) is 1. The molecule has 1 aliphatic heterocycles. The van der Waals surface area contributed by atoms with Crippen LogP contribution in [0.15, 0.2) is 42.5 Å². The highest BCUT2D eigenvalue weighted by Crippen LogP contribution is 2.39. The summed E-state index contributed by atoms with van der Waals surface area (Å²) >= 11 is 7.77. The second-order valence-corrected chi connectivity index (χ2v) is 9.10. The summed E-state index contributed by atoms with van der Waals surface area (Å²) in [6, 6.07) is 12.6. The quantitative estimate of drug-likeness (QED) is 0.572. The van der Waals surface area contributed by atoms with E-state index in [0.717, 1.165) is 21.1 Å². The Labute approximate surface area is 189 Å². The third-order valence-electron chi connectivity index (χ3n) is 5.06. The molecular formula is C23H22ClN3O3S. The van der Waals surface area contributed by atoms with Crippen molar-refractivity contribution in [1.82, 2.24) is 4.98 Å². The van der Waals surface area contributed by atoms with Crippen LogP contribution in [-0.4, -0.2) is 29.4 Å². The van der Waals surface area contributed by atoms with Crippen molar-refractivity contribution in [3.63, 3.8) is 0 Å². The molecule has 2 amide bonds. The highest BCUT2D eigenvalue weighted by molar-refractivity contribution is 7.11. The van der Waals surface area contributed by atoms with Crippen molar-refractivity contribution in [2.24, 2.45) is 0 Å². The summed E-state index contributed by atoms with van der Waals surface area (Å²) in [6.45, 7) is 5.72. The summed E-state index contributed by atoms with van der Waals surface area (Å²) in [5.74, 6) is -0.00627. The molecule has 0 radical (unpaired) electrons. The lowest BCUT2D eigenvalue weighted by Crippen LogP contribution is -2.48. The Bertz CT molecular complexity index is 1160. The average molecular weight is 456 g/mol. The molecule has 1 atom stereocenters. The molecule has 0 aliphatic carbocycles. The van der Waals surface area contributed by atoms with E-state index in [1.165, 1.54) is 4.90 Å². The zero-order chi connectivity index (χ0) is 22.1. The molecule has 0 fully saturated rings. The van der Waals surface area contributed by atoms with Gasteiger partial charge in [-0.1, -0.05) is 30.7 Å². The number of nitrogens with zero attached hydrogens (tertiary/aromatic N) is 2. The van der Waals surface area contributed by atoms with E-state index in [1.54, 1.807) is 35.6 Å². The number of ether oxygens (including phenoxy) is 1. The van der Waals surface area contributed by atoms with Crippen LogP contribution >= 0.6 is 22.9 Å². The molecule has 1 unspecified atom stereocenters. The van der Waals surface area contributed by atoms with Gasteiger partial charge in [-0.15, -0.1) is 11.3 Å². The number of aromatic nitrogens is 1. The molecular weight excluding hydrogens is 434 g/mol. The molecule has 6 nitrogen and oxygen atoms in total. The van der Waals surface area contributed by atoms with Gasteiger partial charge in [-0.05, 0) is 50.6 Å². The molecule has 1 aliphatic rings. The molecule has 2 aromatic carbocycles. The second kappa shape index (κ2) is 8.69. The van der Waals surface area contributed by atoms with Gasteiger partial charge in [0.1, 0.15) is 12.3 Å².